The number of hydrogen-bond donors (Lipinski definition) is 0. The van der Waals surface area contributed by atoms with Gasteiger partial charge in [0.2, 0.25) is 0 Å². The normalized spacial score (nSPS) is 23.6. The highest BCUT2D eigenvalue weighted by Crippen LogP contribution is 2.35. The summed E-state index contributed by atoms with van der Waals surface area (Å²) in [7, 11) is 0. The molecule has 1 heterocycles. The lowest BCUT2D eigenvalue weighted by atomic mass is 9.91. The van der Waals surface area contributed by atoms with Crippen LogP contribution in [0.1, 0.15) is 38.9 Å². The minimum absolute atomic E-state index is 0.0491. The second-order valence-electron chi connectivity index (χ2n) is 5.17. The van der Waals surface area contributed by atoms with Gasteiger partial charge in [-0.15, -0.1) is 5.06 Å². The van der Waals surface area contributed by atoms with Crippen LogP contribution in [0.15, 0.2) is 30.3 Å². The Kier molecular flexibility index (Phi) is 3.68. The van der Waals surface area contributed by atoms with Crippen LogP contribution in [0, 0.1) is 0 Å². The number of benzene rings is 1. The number of nitrogens with zero attached hydrogens (tertiary/aromatic N) is 1. The van der Waals surface area contributed by atoms with E-state index in [9.17, 15) is 4.79 Å². The summed E-state index contributed by atoms with van der Waals surface area (Å²) >= 11 is 0. The minimum atomic E-state index is -0.315. The van der Waals surface area contributed by atoms with Gasteiger partial charge < -0.3 is 9.57 Å². The molecule has 1 fully saturated rings. The van der Waals surface area contributed by atoms with Gasteiger partial charge in [0.05, 0.1) is 11.6 Å². The Hall–Kier alpha value is -1.39. The molecule has 1 atom stereocenters. The summed E-state index contributed by atoms with van der Waals surface area (Å²) in [5.41, 5.74) is 0.929. The lowest BCUT2D eigenvalue weighted by molar-refractivity contribution is -0.280. The van der Waals surface area contributed by atoms with Gasteiger partial charge in [-0.25, -0.2) is 0 Å². The molecule has 0 aliphatic carbocycles. The van der Waals surface area contributed by atoms with Crippen molar-refractivity contribution in [3.63, 3.8) is 0 Å². The monoisotopic (exact) mass is 249 g/mol. The van der Waals surface area contributed by atoms with E-state index in [-0.39, 0.29) is 17.6 Å². The zero-order valence-electron chi connectivity index (χ0n) is 11.1. The molecule has 98 valence electrons. The second kappa shape index (κ2) is 5.08. The first-order valence-electron chi connectivity index (χ1n) is 6.12. The molecule has 0 N–H and O–H groups in total. The van der Waals surface area contributed by atoms with Crippen LogP contribution in [0.2, 0.25) is 0 Å². The first kappa shape index (κ1) is 13.1. The van der Waals surface area contributed by atoms with Crippen LogP contribution in [0.3, 0.4) is 0 Å². The predicted octanol–water partition coefficient (Wildman–Crippen LogP) is 2.66. The third kappa shape index (κ3) is 2.89. The van der Waals surface area contributed by atoms with Crippen molar-refractivity contribution >= 4 is 5.97 Å². The fourth-order valence-corrected chi connectivity index (χ4v) is 2.13. The summed E-state index contributed by atoms with van der Waals surface area (Å²) in [4.78, 5) is 16.2. The van der Waals surface area contributed by atoms with Crippen LogP contribution in [-0.4, -0.2) is 23.3 Å². The van der Waals surface area contributed by atoms with Gasteiger partial charge in [-0.2, -0.15) is 0 Å². The van der Waals surface area contributed by atoms with E-state index in [4.69, 9.17) is 9.57 Å². The van der Waals surface area contributed by atoms with E-state index >= 15 is 0 Å². The molecule has 0 aromatic heterocycles. The molecule has 1 aromatic rings. The topological polar surface area (TPSA) is 38.8 Å². The molecule has 18 heavy (non-hydrogen) atoms. The van der Waals surface area contributed by atoms with Crippen molar-refractivity contribution in [1.29, 1.82) is 0 Å². The largest absolute Gasteiger partial charge is 0.365 e. The third-order valence-corrected chi connectivity index (χ3v) is 3.16. The summed E-state index contributed by atoms with van der Waals surface area (Å²) in [6.07, 6.45) is 0.831. The number of hydrogen-bond acceptors (Lipinski definition) is 4. The van der Waals surface area contributed by atoms with Crippen LogP contribution in [-0.2, 0) is 14.4 Å². The van der Waals surface area contributed by atoms with E-state index < -0.39 is 0 Å². The molecule has 4 nitrogen and oxygen atoms in total. The van der Waals surface area contributed by atoms with E-state index in [1.807, 2.05) is 18.2 Å². The van der Waals surface area contributed by atoms with Gasteiger partial charge in [0.15, 0.2) is 0 Å². The Morgan fingerprint density at radius 1 is 1.39 bits per heavy atom. The van der Waals surface area contributed by atoms with E-state index in [1.54, 1.807) is 5.06 Å². The molecule has 0 spiro atoms. The molecule has 1 saturated heterocycles. The summed E-state index contributed by atoms with van der Waals surface area (Å²) in [5, 5.41) is 1.61. The third-order valence-electron chi connectivity index (χ3n) is 3.16. The maximum Gasteiger partial charge on any atom is 0.322 e. The van der Waals surface area contributed by atoms with Gasteiger partial charge in [0.25, 0.3) is 0 Å². The molecule has 0 radical (unpaired) electrons. The zero-order chi connectivity index (χ0) is 13.2. The number of carbonyl (C=O) groups excluding carboxylic acids is 1. The fourth-order valence-electron chi connectivity index (χ4n) is 2.13. The average Bonchev–Trinajstić information content (AvgIpc) is 2.32. The second-order valence-corrected chi connectivity index (χ2v) is 5.17. The van der Waals surface area contributed by atoms with E-state index in [0.29, 0.717) is 6.73 Å². The summed E-state index contributed by atoms with van der Waals surface area (Å²) in [5.74, 6) is -0.315. The standard InChI is InChI=1S/C14H19NO3/c1-11(16)18-15-10-17-13(9-14(15,2)3)12-7-5-4-6-8-12/h4-8,13H,9-10H2,1-3H3/t13-/m1/s1. The summed E-state index contributed by atoms with van der Waals surface area (Å²) in [6.45, 7) is 5.80. The number of carbonyl (C=O) groups is 1. The van der Waals surface area contributed by atoms with E-state index in [1.165, 1.54) is 6.92 Å². The summed E-state index contributed by atoms with van der Waals surface area (Å²) in [6, 6.07) is 10.1. The average molecular weight is 249 g/mol. The highest BCUT2D eigenvalue weighted by atomic mass is 16.7. The number of ether oxygens (including phenoxy) is 1. The van der Waals surface area contributed by atoms with Crippen LogP contribution in [0.4, 0.5) is 0 Å². The van der Waals surface area contributed by atoms with E-state index in [2.05, 4.69) is 26.0 Å². The van der Waals surface area contributed by atoms with Crippen molar-refractivity contribution in [2.45, 2.75) is 38.8 Å². The molecular weight excluding hydrogens is 230 g/mol. The predicted molar refractivity (Wildman–Crippen MR) is 67.4 cm³/mol. The Balaban J connectivity index is 2.08. The van der Waals surface area contributed by atoms with Crippen molar-refractivity contribution in [3.05, 3.63) is 35.9 Å². The Bertz CT molecular complexity index is 416. The van der Waals surface area contributed by atoms with Crippen LogP contribution in [0.25, 0.3) is 0 Å². The smallest absolute Gasteiger partial charge is 0.322 e. The quantitative estimate of drug-likeness (QED) is 0.807. The van der Waals surface area contributed by atoms with Crippen molar-refractivity contribution in [3.8, 4) is 0 Å². The molecule has 0 bridgehead atoms. The molecule has 0 saturated carbocycles. The van der Waals surface area contributed by atoms with Crippen molar-refractivity contribution in [1.82, 2.24) is 5.06 Å². The van der Waals surface area contributed by atoms with Crippen molar-refractivity contribution in [2.24, 2.45) is 0 Å². The van der Waals surface area contributed by atoms with Crippen molar-refractivity contribution in [2.75, 3.05) is 6.73 Å². The van der Waals surface area contributed by atoms with Crippen LogP contribution in [0.5, 0.6) is 0 Å². The first-order valence-corrected chi connectivity index (χ1v) is 6.12. The van der Waals surface area contributed by atoms with Gasteiger partial charge in [0.1, 0.15) is 6.73 Å². The minimum Gasteiger partial charge on any atom is -0.365 e. The van der Waals surface area contributed by atoms with Gasteiger partial charge in [0, 0.05) is 6.92 Å². The SMILES string of the molecule is CC(=O)ON1CO[C@@H](c2ccccc2)CC1(C)C. The van der Waals surface area contributed by atoms with Gasteiger partial charge in [-0.05, 0) is 25.8 Å². The highest BCUT2D eigenvalue weighted by molar-refractivity contribution is 5.65. The fraction of sp³-hybridized carbons (Fsp3) is 0.500. The van der Waals surface area contributed by atoms with Crippen LogP contribution < -0.4 is 0 Å². The first-order chi connectivity index (χ1) is 8.49. The Morgan fingerprint density at radius 2 is 2.06 bits per heavy atom. The maximum atomic E-state index is 11.0. The van der Waals surface area contributed by atoms with Gasteiger partial charge in [-0.3, -0.25) is 4.79 Å². The van der Waals surface area contributed by atoms with E-state index in [0.717, 1.165) is 12.0 Å². The number of hydroxylamine groups is 2. The lowest BCUT2D eigenvalue weighted by Gasteiger charge is -2.43. The maximum absolute atomic E-state index is 11.0. The number of rotatable bonds is 2. The zero-order valence-corrected chi connectivity index (χ0v) is 11.1. The van der Waals surface area contributed by atoms with Crippen LogP contribution >= 0.6 is 0 Å². The Labute approximate surface area is 107 Å². The molecule has 4 heteroatoms. The van der Waals surface area contributed by atoms with Gasteiger partial charge >= 0.3 is 5.97 Å². The molecule has 1 aliphatic rings. The highest BCUT2D eigenvalue weighted by Gasteiger charge is 2.38. The lowest BCUT2D eigenvalue weighted by Crippen LogP contribution is -2.50. The molecule has 1 aromatic carbocycles. The molecular formula is C14H19NO3. The molecule has 0 amide bonds. The molecule has 2 rings (SSSR count). The Morgan fingerprint density at radius 3 is 2.61 bits per heavy atom. The van der Waals surface area contributed by atoms with Gasteiger partial charge in [-0.1, -0.05) is 30.3 Å². The summed E-state index contributed by atoms with van der Waals surface area (Å²) < 4.78 is 5.76. The molecule has 0 unspecified atom stereocenters. The van der Waals surface area contributed by atoms with Crippen molar-refractivity contribution < 1.29 is 14.4 Å². The molecule has 1 aliphatic heterocycles.